The first-order chi connectivity index (χ1) is 15.1. The molecule has 0 saturated heterocycles. The number of carbonyl (C=O) groups is 2. The van der Waals surface area contributed by atoms with Crippen molar-refractivity contribution in [2.75, 3.05) is 0 Å². The quantitative estimate of drug-likeness (QED) is 0.323. The van der Waals surface area contributed by atoms with Gasteiger partial charge in [0.15, 0.2) is 0 Å². The number of rotatable bonds is 6. The molecule has 12 heteroatoms. The number of hydrogen-bond acceptors (Lipinski definition) is 8. The molecule has 1 heterocycles. The summed E-state index contributed by atoms with van der Waals surface area (Å²) in [5.74, 6) is -0.364. The molecule has 2 amide bonds. The van der Waals surface area contributed by atoms with Crippen molar-refractivity contribution in [2.45, 2.75) is 18.7 Å². The van der Waals surface area contributed by atoms with Crippen LogP contribution in [0, 0.1) is 24.0 Å². The maximum Gasteiger partial charge on any atom is 0.339 e. The molecule has 2 aromatic carbocycles. The van der Waals surface area contributed by atoms with Gasteiger partial charge in [0.25, 0.3) is 17.5 Å². The predicted molar refractivity (Wildman–Crippen MR) is 110 cm³/mol. The van der Waals surface area contributed by atoms with Crippen LogP contribution < -0.4 is 15.0 Å². The third-order valence-electron chi connectivity index (χ3n) is 4.21. The fraction of sp³-hybridized carbons (Fsp3) is 0.100. The van der Waals surface area contributed by atoms with Crippen molar-refractivity contribution in [2.24, 2.45) is 0 Å². The van der Waals surface area contributed by atoms with E-state index in [1.807, 2.05) is 0 Å². The number of amides is 2. The first kappa shape index (κ1) is 22.5. The molecule has 0 aliphatic rings. The lowest BCUT2D eigenvalue weighted by molar-refractivity contribution is -0.385. The Bertz CT molecular complexity index is 1300. The van der Waals surface area contributed by atoms with Gasteiger partial charge in [0.1, 0.15) is 22.2 Å². The number of aryl methyl sites for hydroxylation is 2. The van der Waals surface area contributed by atoms with Gasteiger partial charge < -0.3 is 8.60 Å². The minimum atomic E-state index is -4.33. The lowest BCUT2D eigenvalue weighted by Gasteiger charge is -2.09. The van der Waals surface area contributed by atoms with Crippen LogP contribution >= 0.6 is 0 Å². The van der Waals surface area contributed by atoms with E-state index in [0.717, 1.165) is 18.2 Å². The molecule has 0 fully saturated rings. The monoisotopic (exact) mass is 459 g/mol. The molecule has 0 aliphatic carbocycles. The molecule has 3 rings (SSSR count). The molecular weight excluding hydrogens is 442 g/mol. The lowest BCUT2D eigenvalue weighted by atomic mass is 10.2. The van der Waals surface area contributed by atoms with Crippen molar-refractivity contribution >= 4 is 27.6 Å². The Kier molecular flexibility index (Phi) is 6.25. The molecule has 0 saturated carbocycles. The van der Waals surface area contributed by atoms with Gasteiger partial charge in [-0.3, -0.25) is 30.6 Å². The minimum absolute atomic E-state index is 0.110. The van der Waals surface area contributed by atoms with Gasteiger partial charge in [0.2, 0.25) is 0 Å². The number of nitro benzene ring substituents is 1. The Balaban J connectivity index is 1.64. The maximum atomic E-state index is 12.4. The molecule has 0 atom stereocenters. The number of hydrogen-bond donors (Lipinski definition) is 2. The number of benzene rings is 2. The fourth-order valence-corrected chi connectivity index (χ4v) is 3.67. The third kappa shape index (κ3) is 5.10. The Labute approximate surface area is 182 Å². The van der Waals surface area contributed by atoms with Crippen molar-refractivity contribution in [1.82, 2.24) is 10.9 Å². The summed E-state index contributed by atoms with van der Waals surface area (Å²) in [5, 5.41) is 10.8. The highest BCUT2D eigenvalue weighted by Crippen LogP contribution is 2.22. The molecule has 2 N–H and O–H groups in total. The summed E-state index contributed by atoms with van der Waals surface area (Å²) < 4.78 is 34.9. The average Bonchev–Trinajstić information content (AvgIpc) is 3.10. The van der Waals surface area contributed by atoms with E-state index in [4.69, 9.17) is 8.60 Å². The van der Waals surface area contributed by atoms with Gasteiger partial charge in [-0.1, -0.05) is 6.07 Å². The highest BCUT2D eigenvalue weighted by atomic mass is 32.2. The fourth-order valence-electron chi connectivity index (χ4n) is 2.70. The summed E-state index contributed by atoms with van der Waals surface area (Å²) >= 11 is 0. The third-order valence-corrected chi connectivity index (χ3v) is 5.46. The lowest BCUT2D eigenvalue weighted by Crippen LogP contribution is -2.41. The normalized spacial score (nSPS) is 10.9. The molecule has 11 nitrogen and oxygen atoms in total. The van der Waals surface area contributed by atoms with E-state index < -0.39 is 32.5 Å². The average molecular weight is 459 g/mol. The molecule has 0 spiro atoms. The van der Waals surface area contributed by atoms with Gasteiger partial charge in [-0.15, -0.1) is 0 Å². The van der Waals surface area contributed by atoms with Gasteiger partial charge in [0, 0.05) is 17.7 Å². The summed E-state index contributed by atoms with van der Waals surface area (Å²) in [5.41, 5.74) is 4.49. The van der Waals surface area contributed by atoms with Gasteiger partial charge in [-0.05, 0) is 50.2 Å². The number of furan rings is 1. The molecule has 1 aromatic heterocycles. The molecule has 0 bridgehead atoms. The summed E-state index contributed by atoms with van der Waals surface area (Å²) in [6, 6.07) is 11.0. The molecule has 0 unspecified atom stereocenters. The zero-order chi connectivity index (χ0) is 23.5. The Hall–Kier alpha value is -4.19. The first-order valence-corrected chi connectivity index (χ1v) is 10.4. The highest BCUT2D eigenvalue weighted by molar-refractivity contribution is 7.87. The number of carbonyl (C=O) groups excluding carboxylic acids is 2. The van der Waals surface area contributed by atoms with Crippen LogP contribution in [0.4, 0.5) is 5.69 Å². The van der Waals surface area contributed by atoms with Crippen LogP contribution in [0.2, 0.25) is 0 Å². The number of hydrazine groups is 1. The number of non-ortho nitro benzene ring substituents is 1. The topological polar surface area (TPSA) is 158 Å². The standard InChI is InChI=1S/C20H17N3O8S/c1-12-10-18(13(2)30-12)20(25)22-21-19(24)14-6-8-16(9-7-14)31-32(28,29)17-5-3-4-15(11-17)23(26)27/h3-11H,1-2H3,(H,21,24)(H,22,25). The first-order valence-electron chi connectivity index (χ1n) is 9.03. The number of nitro groups is 1. The van der Waals surface area contributed by atoms with Crippen molar-refractivity contribution in [3.8, 4) is 5.75 Å². The second-order valence-corrected chi connectivity index (χ2v) is 8.10. The highest BCUT2D eigenvalue weighted by Gasteiger charge is 2.20. The summed E-state index contributed by atoms with van der Waals surface area (Å²) in [7, 11) is -4.33. The van der Waals surface area contributed by atoms with Crippen LogP contribution in [0.1, 0.15) is 32.2 Å². The van der Waals surface area contributed by atoms with Crippen LogP contribution in [-0.2, 0) is 10.1 Å². The summed E-state index contributed by atoms with van der Waals surface area (Å²) in [4.78, 5) is 34.1. The Morgan fingerprint density at radius 1 is 1.00 bits per heavy atom. The Morgan fingerprint density at radius 2 is 1.66 bits per heavy atom. The van der Waals surface area contributed by atoms with Crippen molar-refractivity contribution in [3.63, 3.8) is 0 Å². The van der Waals surface area contributed by atoms with E-state index in [-0.39, 0.29) is 21.8 Å². The second kappa shape index (κ2) is 8.89. The van der Waals surface area contributed by atoms with Crippen molar-refractivity contribution in [3.05, 3.63) is 87.4 Å². The molecule has 0 radical (unpaired) electrons. The van der Waals surface area contributed by atoms with Crippen LogP contribution in [0.5, 0.6) is 5.75 Å². The largest absolute Gasteiger partial charge is 0.466 e. The number of nitrogens with one attached hydrogen (secondary N) is 2. The summed E-state index contributed by atoms with van der Waals surface area (Å²) in [6.45, 7) is 3.30. The molecule has 32 heavy (non-hydrogen) atoms. The van der Waals surface area contributed by atoms with E-state index in [1.165, 1.54) is 36.4 Å². The number of nitrogens with zero attached hydrogens (tertiary/aromatic N) is 1. The van der Waals surface area contributed by atoms with E-state index in [0.29, 0.717) is 11.5 Å². The van der Waals surface area contributed by atoms with E-state index in [9.17, 15) is 28.1 Å². The van der Waals surface area contributed by atoms with Gasteiger partial charge in [-0.25, -0.2) is 0 Å². The van der Waals surface area contributed by atoms with Gasteiger partial charge in [-0.2, -0.15) is 8.42 Å². The van der Waals surface area contributed by atoms with Gasteiger partial charge >= 0.3 is 10.1 Å². The van der Waals surface area contributed by atoms with Crippen LogP contribution in [0.3, 0.4) is 0 Å². The second-order valence-electron chi connectivity index (χ2n) is 6.55. The minimum Gasteiger partial charge on any atom is -0.466 e. The zero-order valence-corrected chi connectivity index (χ0v) is 17.6. The van der Waals surface area contributed by atoms with Crippen LogP contribution in [0.15, 0.2) is 63.9 Å². The predicted octanol–water partition coefficient (Wildman–Crippen LogP) is 2.65. The van der Waals surface area contributed by atoms with Crippen LogP contribution in [0.25, 0.3) is 0 Å². The van der Waals surface area contributed by atoms with Crippen molar-refractivity contribution < 1.29 is 31.5 Å². The van der Waals surface area contributed by atoms with Gasteiger partial charge in [0.05, 0.1) is 10.5 Å². The van der Waals surface area contributed by atoms with E-state index >= 15 is 0 Å². The molecular formula is C20H17N3O8S. The maximum absolute atomic E-state index is 12.4. The van der Waals surface area contributed by atoms with E-state index in [2.05, 4.69) is 10.9 Å². The Morgan fingerprint density at radius 3 is 2.25 bits per heavy atom. The SMILES string of the molecule is Cc1cc(C(=O)NNC(=O)c2ccc(OS(=O)(=O)c3cccc([N+](=O)[O-])c3)cc2)c(C)o1. The van der Waals surface area contributed by atoms with Crippen LogP contribution in [-0.4, -0.2) is 25.2 Å². The smallest absolute Gasteiger partial charge is 0.339 e. The molecule has 166 valence electrons. The molecule has 3 aromatic rings. The molecule has 0 aliphatic heterocycles. The zero-order valence-electron chi connectivity index (χ0n) is 16.8. The summed E-state index contributed by atoms with van der Waals surface area (Å²) in [6.07, 6.45) is 0. The van der Waals surface area contributed by atoms with E-state index in [1.54, 1.807) is 13.8 Å². The van der Waals surface area contributed by atoms with Crippen molar-refractivity contribution in [1.29, 1.82) is 0 Å².